The summed E-state index contributed by atoms with van der Waals surface area (Å²) in [5.41, 5.74) is 9.88. The first-order chi connectivity index (χ1) is 15.3. The molecule has 3 aromatic heterocycles. The molecule has 31 heavy (non-hydrogen) atoms. The van der Waals surface area contributed by atoms with Gasteiger partial charge in [0.05, 0.1) is 12.2 Å². The van der Waals surface area contributed by atoms with Gasteiger partial charge in [0, 0.05) is 34.5 Å². The third-order valence-corrected chi connectivity index (χ3v) is 6.24. The van der Waals surface area contributed by atoms with Crippen LogP contribution in [0.4, 0.5) is 5.82 Å². The van der Waals surface area contributed by atoms with E-state index in [0.29, 0.717) is 17.4 Å². The first kappa shape index (κ1) is 18.2. The standard InChI is InChI=1S/C25H23N5O/c26-25-24-21(12-23(31-24)20-7-3-5-16-4-1-2-6-19(16)20)22(14-28-25)17-13-29-30(15-17)18-8-10-27-11-9-18/h1-7,12-15,18,27H,8-11H2,(H2,26,28). The highest BCUT2D eigenvalue weighted by atomic mass is 16.3. The van der Waals surface area contributed by atoms with Crippen molar-refractivity contribution in [3.8, 4) is 22.5 Å². The molecule has 0 spiro atoms. The summed E-state index contributed by atoms with van der Waals surface area (Å²) in [6.07, 6.45) is 8.04. The molecule has 0 bridgehead atoms. The van der Waals surface area contributed by atoms with Crippen LogP contribution in [-0.4, -0.2) is 27.9 Å². The average molecular weight is 409 g/mol. The van der Waals surface area contributed by atoms with Crippen molar-refractivity contribution in [1.29, 1.82) is 0 Å². The Kier molecular flexibility index (Phi) is 4.25. The number of fused-ring (bicyclic) bond motifs is 2. The molecule has 5 aromatic rings. The predicted octanol–water partition coefficient (Wildman–Crippen LogP) is 5.02. The fourth-order valence-electron chi connectivity index (χ4n) is 4.59. The maximum Gasteiger partial charge on any atom is 0.177 e. The van der Waals surface area contributed by atoms with E-state index in [1.807, 2.05) is 24.5 Å². The minimum Gasteiger partial charge on any atom is -0.452 e. The Bertz CT molecular complexity index is 1390. The van der Waals surface area contributed by atoms with E-state index in [0.717, 1.165) is 59.2 Å². The van der Waals surface area contributed by atoms with E-state index >= 15 is 0 Å². The fourth-order valence-corrected chi connectivity index (χ4v) is 4.59. The summed E-state index contributed by atoms with van der Waals surface area (Å²) in [6, 6.07) is 17.1. The highest BCUT2D eigenvalue weighted by Crippen LogP contribution is 2.38. The Hall–Kier alpha value is -3.64. The number of hydrogen-bond donors (Lipinski definition) is 2. The summed E-state index contributed by atoms with van der Waals surface area (Å²) in [6.45, 7) is 2.06. The van der Waals surface area contributed by atoms with Crippen molar-refractivity contribution < 1.29 is 4.42 Å². The molecule has 0 saturated carbocycles. The molecule has 2 aromatic carbocycles. The molecule has 0 aliphatic carbocycles. The second kappa shape index (κ2) is 7.25. The minimum atomic E-state index is 0.399. The quantitative estimate of drug-likeness (QED) is 0.437. The average Bonchev–Trinajstić information content (AvgIpc) is 3.48. The van der Waals surface area contributed by atoms with Crippen molar-refractivity contribution in [2.24, 2.45) is 0 Å². The summed E-state index contributed by atoms with van der Waals surface area (Å²) in [5, 5.41) is 11.3. The van der Waals surface area contributed by atoms with Gasteiger partial charge in [-0.25, -0.2) is 4.98 Å². The molecule has 154 valence electrons. The maximum atomic E-state index is 6.26. The van der Waals surface area contributed by atoms with Gasteiger partial charge in [-0.3, -0.25) is 4.68 Å². The van der Waals surface area contributed by atoms with Crippen molar-refractivity contribution in [2.75, 3.05) is 18.8 Å². The number of nitrogen functional groups attached to an aromatic ring is 1. The van der Waals surface area contributed by atoms with Crippen LogP contribution in [0.5, 0.6) is 0 Å². The molecule has 6 nitrogen and oxygen atoms in total. The second-order valence-electron chi connectivity index (χ2n) is 8.13. The number of anilines is 1. The third-order valence-electron chi connectivity index (χ3n) is 6.24. The molecule has 6 heteroatoms. The lowest BCUT2D eigenvalue weighted by Crippen LogP contribution is -2.29. The normalized spacial score (nSPS) is 15.1. The second-order valence-corrected chi connectivity index (χ2v) is 8.13. The monoisotopic (exact) mass is 409 g/mol. The number of rotatable bonds is 3. The van der Waals surface area contributed by atoms with Gasteiger partial charge in [-0.05, 0) is 42.8 Å². The first-order valence-corrected chi connectivity index (χ1v) is 10.7. The third kappa shape index (κ3) is 3.07. The molecule has 1 fully saturated rings. The van der Waals surface area contributed by atoms with Crippen molar-refractivity contribution in [2.45, 2.75) is 18.9 Å². The molecular weight excluding hydrogens is 386 g/mol. The van der Waals surface area contributed by atoms with Crippen molar-refractivity contribution in [3.05, 3.63) is 67.1 Å². The number of piperidine rings is 1. The van der Waals surface area contributed by atoms with Gasteiger partial charge in [0.1, 0.15) is 5.76 Å². The highest BCUT2D eigenvalue weighted by Gasteiger charge is 2.19. The molecule has 0 amide bonds. The lowest BCUT2D eigenvalue weighted by molar-refractivity contribution is 0.343. The Morgan fingerprint density at radius 3 is 2.71 bits per heavy atom. The topological polar surface area (TPSA) is 81.9 Å². The SMILES string of the molecule is Nc1ncc(-c2cnn(C3CCNCC3)c2)c2cc(-c3cccc4ccccc34)oc12. The van der Waals surface area contributed by atoms with Crippen LogP contribution >= 0.6 is 0 Å². The molecule has 0 atom stereocenters. The number of nitrogens with one attached hydrogen (secondary N) is 1. The number of nitrogens with zero attached hydrogens (tertiary/aromatic N) is 3. The van der Waals surface area contributed by atoms with E-state index in [-0.39, 0.29) is 0 Å². The highest BCUT2D eigenvalue weighted by molar-refractivity contribution is 6.03. The molecule has 0 radical (unpaired) electrons. The Labute approximate surface area is 179 Å². The minimum absolute atomic E-state index is 0.399. The molecule has 0 unspecified atom stereocenters. The van der Waals surface area contributed by atoms with Gasteiger partial charge in [0.15, 0.2) is 11.4 Å². The zero-order valence-electron chi connectivity index (χ0n) is 17.1. The van der Waals surface area contributed by atoms with E-state index < -0.39 is 0 Å². The van der Waals surface area contributed by atoms with E-state index in [4.69, 9.17) is 10.2 Å². The van der Waals surface area contributed by atoms with Gasteiger partial charge in [-0.1, -0.05) is 42.5 Å². The van der Waals surface area contributed by atoms with Crippen LogP contribution in [0.2, 0.25) is 0 Å². The van der Waals surface area contributed by atoms with Gasteiger partial charge >= 0.3 is 0 Å². The van der Waals surface area contributed by atoms with Crippen LogP contribution in [0.25, 0.3) is 44.2 Å². The van der Waals surface area contributed by atoms with Gasteiger partial charge in [-0.15, -0.1) is 0 Å². The number of furan rings is 1. The number of pyridine rings is 1. The number of aromatic nitrogens is 3. The molecule has 1 aliphatic rings. The Morgan fingerprint density at radius 1 is 0.968 bits per heavy atom. The Morgan fingerprint density at radius 2 is 1.81 bits per heavy atom. The summed E-state index contributed by atoms with van der Waals surface area (Å²) in [7, 11) is 0. The van der Waals surface area contributed by atoms with Crippen molar-refractivity contribution in [1.82, 2.24) is 20.1 Å². The van der Waals surface area contributed by atoms with Crippen LogP contribution in [0, 0.1) is 0 Å². The van der Waals surface area contributed by atoms with E-state index in [2.05, 4.69) is 62.7 Å². The largest absolute Gasteiger partial charge is 0.452 e. The predicted molar refractivity (Wildman–Crippen MR) is 124 cm³/mol. The lowest BCUT2D eigenvalue weighted by atomic mass is 10.0. The molecule has 1 aliphatic heterocycles. The van der Waals surface area contributed by atoms with Crippen LogP contribution in [0.3, 0.4) is 0 Å². The van der Waals surface area contributed by atoms with E-state index in [1.54, 1.807) is 0 Å². The van der Waals surface area contributed by atoms with Crippen LogP contribution < -0.4 is 11.1 Å². The molecular formula is C25H23N5O. The van der Waals surface area contributed by atoms with Gasteiger partial charge in [0.2, 0.25) is 0 Å². The summed E-state index contributed by atoms with van der Waals surface area (Å²) in [5.74, 6) is 1.19. The van der Waals surface area contributed by atoms with E-state index in [1.165, 1.54) is 5.39 Å². The van der Waals surface area contributed by atoms with Crippen molar-refractivity contribution in [3.63, 3.8) is 0 Å². The lowest BCUT2D eigenvalue weighted by Gasteiger charge is -2.22. The van der Waals surface area contributed by atoms with Crippen molar-refractivity contribution >= 4 is 27.6 Å². The van der Waals surface area contributed by atoms with Crippen LogP contribution in [0.15, 0.2) is 71.5 Å². The molecule has 4 heterocycles. The first-order valence-electron chi connectivity index (χ1n) is 10.7. The van der Waals surface area contributed by atoms with Gasteiger partial charge in [-0.2, -0.15) is 5.10 Å². The summed E-state index contributed by atoms with van der Waals surface area (Å²) >= 11 is 0. The number of nitrogens with two attached hydrogens (primary N) is 1. The fraction of sp³-hybridized carbons (Fsp3) is 0.200. The summed E-state index contributed by atoms with van der Waals surface area (Å²) in [4.78, 5) is 4.41. The Balaban J connectivity index is 1.48. The smallest absolute Gasteiger partial charge is 0.177 e. The zero-order valence-corrected chi connectivity index (χ0v) is 17.1. The number of hydrogen-bond acceptors (Lipinski definition) is 5. The molecule has 1 saturated heterocycles. The number of benzene rings is 2. The van der Waals surface area contributed by atoms with Gasteiger partial charge < -0.3 is 15.5 Å². The summed E-state index contributed by atoms with van der Waals surface area (Å²) < 4.78 is 8.34. The van der Waals surface area contributed by atoms with Crippen LogP contribution in [0.1, 0.15) is 18.9 Å². The van der Waals surface area contributed by atoms with Crippen LogP contribution in [-0.2, 0) is 0 Å². The van der Waals surface area contributed by atoms with E-state index in [9.17, 15) is 0 Å². The van der Waals surface area contributed by atoms with Gasteiger partial charge in [0.25, 0.3) is 0 Å². The molecule has 6 rings (SSSR count). The maximum absolute atomic E-state index is 6.26. The zero-order chi connectivity index (χ0) is 20.8. The molecule has 3 N–H and O–H groups in total.